The van der Waals surface area contributed by atoms with Crippen molar-refractivity contribution < 1.29 is 9.59 Å². The highest BCUT2D eigenvalue weighted by Gasteiger charge is 2.31. The van der Waals surface area contributed by atoms with E-state index in [9.17, 15) is 9.59 Å². The number of rotatable bonds is 7. The molecule has 11 nitrogen and oxygen atoms in total. The van der Waals surface area contributed by atoms with Gasteiger partial charge in [0.1, 0.15) is 5.82 Å². The summed E-state index contributed by atoms with van der Waals surface area (Å²) in [6.07, 6.45) is 8.26. The van der Waals surface area contributed by atoms with Crippen LogP contribution < -0.4 is 21.3 Å². The molecule has 1 aliphatic rings. The van der Waals surface area contributed by atoms with Gasteiger partial charge < -0.3 is 21.3 Å². The fraction of sp³-hybridized carbons (Fsp3) is 0.417. The molecule has 2 atom stereocenters. The smallest absolute Gasteiger partial charge is 0.271 e. The lowest BCUT2D eigenvalue weighted by molar-refractivity contribution is 0.0923. The molecule has 1 aliphatic heterocycles. The molecule has 0 unspecified atom stereocenters. The normalized spacial score (nSPS) is 17.9. The van der Waals surface area contributed by atoms with Gasteiger partial charge >= 0.3 is 0 Å². The number of piperidine rings is 1. The van der Waals surface area contributed by atoms with Gasteiger partial charge in [-0.05, 0) is 37.8 Å². The Morgan fingerprint density at radius 1 is 1.17 bits per heavy atom. The summed E-state index contributed by atoms with van der Waals surface area (Å²) < 4.78 is 1.63. The summed E-state index contributed by atoms with van der Waals surface area (Å²) in [6.45, 7) is 6.92. The first-order valence-electron chi connectivity index (χ1n) is 11.7. The van der Waals surface area contributed by atoms with E-state index in [0.717, 1.165) is 25.1 Å². The van der Waals surface area contributed by atoms with Crippen LogP contribution in [0.25, 0.3) is 0 Å². The Kier molecular flexibility index (Phi) is 6.94. The number of carbonyl (C=O) groups excluding carboxylic acids is 2. The number of aryl methyl sites for hydroxylation is 1. The van der Waals surface area contributed by atoms with Crippen LogP contribution in [-0.2, 0) is 7.05 Å². The Hall–Kier alpha value is -4.02. The van der Waals surface area contributed by atoms with E-state index in [1.54, 1.807) is 36.5 Å². The van der Waals surface area contributed by atoms with E-state index >= 15 is 0 Å². The number of pyridine rings is 1. The Morgan fingerprint density at radius 2 is 1.97 bits per heavy atom. The van der Waals surface area contributed by atoms with Crippen LogP contribution in [0, 0.1) is 0 Å². The van der Waals surface area contributed by atoms with Gasteiger partial charge in [-0.1, -0.05) is 13.8 Å². The Balaban J connectivity index is 1.52. The molecule has 0 saturated carbocycles. The van der Waals surface area contributed by atoms with Crippen molar-refractivity contribution in [2.24, 2.45) is 12.8 Å². The van der Waals surface area contributed by atoms with Gasteiger partial charge in [-0.15, -0.1) is 0 Å². The van der Waals surface area contributed by atoms with Crippen LogP contribution in [0.1, 0.15) is 66.1 Å². The molecule has 4 N–H and O–H groups in total. The number of nitrogens with one attached hydrogen (secondary N) is 2. The van der Waals surface area contributed by atoms with Gasteiger partial charge in [-0.2, -0.15) is 5.10 Å². The molecule has 1 saturated heterocycles. The SMILES string of the molecule is CC(C)c1ccc(C(=O)N[C@@H]2CCCN(c3cnc(C(N)=O)c(Nc4cnn(C)c4)n3)[C@@H]2C)cn1. The lowest BCUT2D eigenvalue weighted by Crippen LogP contribution is -2.54. The molecule has 0 spiro atoms. The Labute approximate surface area is 204 Å². The number of carbonyl (C=O) groups is 2. The number of hydrogen-bond donors (Lipinski definition) is 3. The predicted molar refractivity (Wildman–Crippen MR) is 133 cm³/mol. The van der Waals surface area contributed by atoms with Crippen LogP contribution in [0.5, 0.6) is 0 Å². The van der Waals surface area contributed by atoms with Crippen LogP contribution in [0.15, 0.2) is 36.9 Å². The third kappa shape index (κ3) is 5.39. The summed E-state index contributed by atoms with van der Waals surface area (Å²) in [6, 6.07) is 3.57. The van der Waals surface area contributed by atoms with Gasteiger partial charge in [0.05, 0.1) is 23.6 Å². The maximum absolute atomic E-state index is 12.9. The monoisotopic (exact) mass is 477 g/mol. The minimum atomic E-state index is -0.677. The zero-order valence-corrected chi connectivity index (χ0v) is 20.4. The molecule has 11 heteroatoms. The zero-order valence-electron chi connectivity index (χ0n) is 20.4. The van der Waals surface area contributed by atoms with Crippen molar-refractivity contribution in [3.63, 3.8) is 0 Å². The van der Waals surface area contributed by atoms with Crippen LogP contribution in [-0.4, -0.2) is 55.2 Å². The number of amides is 2. The van der Waals surface area contributed by atoms with Crippen molar-refractivity contribution in [2.45, 2.75) is 51.6 Å². The first-order valence-corrected chi connectivity index (χ1v) is 11.7. The van der Waals surface area contributed by atoms with E-state index in [0.29, 0.717) is 23.0 Å². The summed E-state index contributed by atoms with van der Waals surface area (Å²) in [5.74, 6) is 0.331. The molecular formula is C24H31N9O2. The third-order valence-electron chi connectivity index (χ3n) is 6.20. The van der Waals surface area contributed by atoms with Gasteiger partial charge in [0, 0.05) is 43.8 Å². The lowest BCUT2D eigenvalue weighted by Gasteiger charge is -2.40. The van der Waals surface area contributed by atoms with Gasteiger partial charge in [0.2, 0.25) is 0 Å². The fourth-order valence-corrected chi connectivity index (χ4v) is 4.20. The Bertz CT molecular complexity index is 1210. The summed E-state index contributed by atoms with van der Waals surface area (Å²) in [4.78, 5) is 40.3. The first-order chi connectivity index (χ1) is 16.7. The highest BCUT2D eigenvalue weighted by Crippen LogP contribution is 2.26. The van der Waals surface area contributed by atoms with Crippen LogP contribution >= 0.6 is 0 Å². The van der Waals surface area contributed by atoms with Crippen molar-refractivity contribution in [3.05, 3.63) is 53.9 Å². The topological polar surface area (TPSA) is 144 Å². The van der Waals surface area contributed by atoms with Gasteiger partial charge in [0.25, 0.3) is 11.8 Å². The zero-order chi connectivity index (χ0) is 25.1. The summed E-state index contributed by atoms with van der Waals surface area (Å²) in [7, 11) is 1.79. The minimum Gasteiger partial charge on any atom is -0.364 e. The minimum absolute atomic E-state index is 0.0458. The number of primary amides is 1. The molecule has 2 amide bonds. The molecule has 1 fully saturated rings. The summed E-state index contributed by atoms with van der Waals surface area (Å²) in [5.41, 5.74) is 7.71. The number of nitrogens with two attached hydrogens (primary N) is 1. The summed E-state index contributed by atoms with van der Waals surface area (Å²) >= 11 is 0. The predicted octanol–water partition coefficient (Wildman–Crippen LogP) is 2.36. The molecule has 0 aromatic carbocycles. The number of aromatic nitrogens is 5. The molecule has 4 rings (SSSR count). The maximum atomic E-state index is 12.9. The molecule has 3 aromatic heterocycles. The van der Waals surface area contributed by atoms with Crippen molar-refractivity contribution in [1.82, 2.24) is 30.0 Å². The van der Waals surface area contributed by atoms with E-state index in [2.05, 4.69) is 49.4 Å². The second kappa shape index (κ2) is 10.1. The van der Waals surface area contributed by atoms with E-state index in [1.807, 2.05) is 19.1 Å². The molecule has 35 heavy (non-hydrogen) atoms. The quantitative estimate of drug-likeness (QED) is 0.470. The van der Waals surface area contributed by atoms with Crippen LogP contribution in [0.3, 0.4) is 0 Å². The molecule has 0 bridgehead atoms. The maximum Gasteiger partial charge on any atom is 0.271 e. The second-order valence-corrected chi connectivity index (χ2v) is 9.10. The largest absolute Gasteiger partial charge is 0.364 e. The standard InChI is InChI=1S/C24H31N9O2/c1-14(2)18-8-7-16(10-26-18)24(35)30-19-6-5-9-33(15(19)3)20-12-27-21(22(25)34)23(31-20)29-17-11-28-32(4)13-17/h7-8,10-15,19H,5-6,9H2,1-4H3,(H2,25,34)(H,29,31)(H,30,35)/t15-,19-/m1/s1. The van der Waals surface area contributed by atoms with Crippen molar-refractivity contribution >= 4 is 29.1 Å². The van der Waals surface area contributed by atoms with E-state index in [4.69, 9.17) is 5.73 Å². The average Bonchev–Trinajstić information content (AvgIpc) is 3.24. The summed E-state index contributed by atoms with van der Waals surface area (Å²) in [5, 5.41) is 10.4. The highest BCUT2D eigenvalue weighted by atomic mass is 16.2. The number of nitrogens with zero attached hydrogens (tertiary/aromatic N) is 6. The fourth-order valence-electron chi connectivity index (χ4n) is 4.20. The van der Waals surface area contributed by atoms with E-state index in [1.165, 1.54) is 0 Å². The van der Waals surface area contributed by atoms with Crippen molar-refractivity contribution in [3.8, 4) is 0 Å². The first kappa shape index (κ1) is 24.1. The molecule has 3 aromatic rings. The number of hydrogen-bond acceptors (Lipinski definition) is 8. The van der Waals surface area contributed by atoms with Gasteiger partial charge in [0.15, 0.2) is 11.5 Å². The molecule has 0 aliphatic carbocycles. The molecule has 184 valence electrons. The lowest BCUT2D eigenvalue weighted by atomic mass is 9.97. The Morgan fingerprint density at radius 3 is 2.60 bits per heavy atom. The third-order valence-corrected chi connectivity index (χ3v) is 6.20. The number of anilines is 3. The molecular weight excluding hydrogens is 446 g/mol. The van der Waals surface area contributed by atoms with Crippen molar-refractivity contribution in [1.29, 1.82) is 0 Å². The second-order valence-electron chi connectivity index (χ2n) is 9.10. The van der Waals surface area contributed by atoms with Crippen LogP contribution in [0.4, 0.5) is 17.3 Å². The molecule has 0 radical (unpaired) electrons. The molecule has 4 heterocycles. The van der Waals surface area contributed by atoms with Crippen molar-refractivity contribution in [2.75, 3.05) is 16.8 Å². The van der Waals surface area contributed by atoms with E-state index < -0.39 is 5.91 Å². The van der Waals surface area contributed by atoms with Gasteiger partial charge in [-0.3, -0.25) is 19.3 Å². The average molecular weight is 478 g/mol. The van der Waals surface area contributed by atoms with Gasteiger partial charge in [-0.25, -0.2) is 9.97 Å². The van der Waals surface area contributed by atoms with E-state index in [-0.39, 0.29) is 29.5 Å². The van der Waals surface area contributed by atoms with Crippen LogP contribution in [0.2, 0.25) is 0 Å². The highest BCUT2D eigenvalue weighted by molar-refractivity contribution is 5.96.